The Bertz CT molecular complexity index is 534. The van der Waals surface area contributed by atoms with E-state index in [2.05, 4.69) is 29.1 Å². The molecule has 0 saturated heterocycles. The van der Waals surface area contributed by atoms with Crippen LogP contribution in [0.5, 0.6) is 0 Å². The van der Waals surface area contributed by atoms with Crippen LogP contribution in [0.2, 0.25) is 0 Å². The molecule has 0 unspecified atom stereocenters. The van der Waals surface area contributed by atoms with Crippen molar-refractivity contribution in [2.24, 2.45) is 0 Å². The lowest BCUT2D eigenvalue weighted by molar-refractivity contribution is 0.184. The topological polar surface area (TPSA) is 39.1 Å². The van der Waals surface area contributed by atoms with Crippen LogP contribution in [0.4, 0.5) is 0 Å². The summed E-state index contributed by atoms with van der Waals surface area (Å²) in [4.78, 5) is 0. The first kappa shape index (κ1) is 13.5. The third-order valence-electron chi connectivity index (χ3n) is 2.90. The van der Waals surface area contributed by atoms with E-state index in [1.165, 1.54) is 11.1 Å². The van der Waals surface area contributed by atoms with Gasteiger partial charge in [-0.2, -0.15) is 5.10 Å². The zero-order chi connectivity index (χ0) is 13.5. The maximum absolute atomic E-state index is 5.20. The first-order valence-electron chi connectivity index (χ1n) is 6.25. The summed E-state index contributed by atoms with van der Waals surface area (Å²) < 4.78 is 6.90. The third kappa shape index (κ3) is 3.77. The molecule has 2 aromatic rings. The maximum atomic E-state index is 5.20. The van der Waals surface area contributed by atoms with Gasteiger partial charge in [-0.25, -0.2) is 4.68 Å². The van der Waals surface area contributed by atoms with E-state index in [1.807, 2.05) is 24.5 Å². The second kappa shape index (κ2) is 6.87. The summed E-state index contributed by atoms with van der Waals surface area (Å²) in [5, 5.41) is 7.56. The number of hydrogen-bond donors (Lipinski definition) is 1. The molecule has 100 valence electrons. The molecular formula is C15H19N3O. The Morgan fingerprint density at radius 1 is 1.32 bits per heavy atom. The van der Waals surface area contributed by atoms with E-state index in [-0.39, 0.29) is 0 Å². The molecule has 1 N–H and O–H groups in total. The number of benzene rings is 1. The Labute approximate surface area is 113 Å². The zero-order valence-corrected chi connectivity index (χ0v) is 11.2. The van der Waals surface area contributed by atoms with Crippen LogP contribution in [0.15, 0.2) is 43.2 Å². The standard InChI is InChI=1S/C15H19N3O/c1-3-18-11-13(9-17-18)8-16-10-14-6-4-5-7-15(14)12-19-2/h3-7,9,11,16H,1,8,10,12H2,2H3. The van der Waals surface area contributed by atoms with E-state index < -0.39 is 0 Å². The summed E-state index contributed by atoms with van der Waals surface area (Å²) in [6.07, 6.45) is 5.48. The van der Waals surface area contributed by atoms with Crippen molar-refractivity contribution in [1.82, 2.24) is 15.1 Å². The highest BCUT2D eigenvalue weighted by molar-refractivity contribution is 5.26. The molecule has 19 heavy (non-hydrogen) atoms. The highest BCUT2D eigenvalue weighted by Crippen LogP contribution is 2.10. The highest BCUT2D eigenvalue weighted by Gasteiger charge is 2.01. The molecule has 0 bridgehead atoms. The van der Waals surface area contributed by atoms with Crippen LogP contribution in [0, 0.1) is 0 Å². The number of nitrogens with zero attached hydrogens (tertiary/aromatic N) is 2. The number of rotatable bonds is 7. The number of methoxy groups -OCH3 is 1. The molecule has 2 rings (SSSR count). The van der Waals surface area contributed by atoms with E-state index >= 15 is 0 Å². The van der Waals surface area contributed by atoms with E-state index in [0.717, 1.165) is 18.7 Å². The minimum Gasteiger partial charge on any atom is -0.380 e. The van der Waals surface area contributed by atoms with Gasteiger partial charge in [-0.05, 0) is 11.1 Å². The second-order valence-corrected chi connectivity index (χ2v) is 4.32. The summed E-state index contributed by atoms with van der Waals surface area (Å²) in [5.74, 6) is 0. The summed E-state index contributed by atoms with van der Waals surface area (Å²) in [5.41, 5.74) is 3.63. The molecule has 0 spiro atoms. The van der Waals surface area contributed by atoms with Gasteiger partial charge in [-0.15, -0.1) is 0 Å². The molecule has 0 aliphatic rings. The lowest BCUT2D eigenvalue weighted by atomic mass is 10.1. The van der Waals surface area contributed by atoms with Crippen LogP contribution < -0.4 is 5.32 Å². The molecule has 0 atom stereocenters. The summed E-state index contributed by atoms with van der Waals surface area (Å²) in [7, 11) is 1.72. The van der Waals surface area contributed by atoms with Crippen LogP contribution in [-0.2, 0) is 24.4 Å². The van der Waals surface area contributed by atoms with Gasteiger partial charge >= 0.3 is 0 Å². The van der Waals surface area contributed by atoms with E-state index in [0.29, 0.717) is 6.61 Å². The summed E-state index contributed by atoms with van der Waals surface area (Å²) in [6, 6.07) is 8.29. The van der Waals surface area contributed by atoms with Gasteiger partial charge in [0, 0.05) is 38.2 Å². The monoisotopic (exact) mass is 257 g/mol. The average Bonchev–Trinajstić information content (AvgIpc) is 2.89. The van der Waals surface area contributed by atoms with Crippen LogP contribution in [0.1, 0.15) is 16.7 Å². The Kier molecular flexibility index (Phi) is 4.89. The number of aromatic nitrogens is 2. The molecule has 0 amide bonds. The molecule has 1 aromatic carbocycles. The van der Waals surface area contributed by atoms with E-state index in [4.69, 9.17) is 4.74 Å². The lowest BCUT2D eigenvalue weighted by Crippen LogP contribution is -2.13. The second-order valence-electron chi connectivity index (χ2n) is 4.32. The van der Waals surface area contributed by atoms with Gasteiger partial charge in [-0.3, -0.25) is 0 Å². The van der Waals surface area contributed by atoms with E-state index in [1.54, 1.807) is 18.0 Å². The molecule has 4 heteroatoms. The predicted molar refractivity (Wildman–Crippen MR) is 76.3 cm³/mol. The van der Waals surface area contributed by atoms with Crippen molar-refractivity contribution >= 4 is 6.20 Å². The quantitative estimate of drug-likeness (QED) is 0.828. The Morgan fingerprint density at radius 2 is 2.11 bits per heavy atom. The Balaban J connectivity index is 1.90. The summed E-state index contributed by atoms with van der Waals surface area (Å²) >= 11 is 0. The van der Waals surface area contributed by atoms with Crippen LogP contribution in [-0.4, -0.2) is 16.9 Å². The smallest absolute Gasteiger partial charge is 0.0716 e. The SMILES string of the molecule is C=Cn1cc(CNCc2ccccc2COC)cn1. The number of ether oxygens (including phenoxy) is 1. The van der Waals surface area contributed by atoms with Crippen molar-refractivity contribution < 1.29 is 4.74 Å². The molecule has 0 radical (unpaired) electrons. The average molecular weight is 257 g/mol. The molecule has 0 aliphatic heterocycles. The van der Waals surface area contributed by atoms with Crippen LogP contribution in [0.3, 0.4) is 0 Å². The highest BCUT2D eigenvalue weighted by atomic mass is 16.5. The molecular weight excluding hydrogens is 238 g/mol. The minimum absolute atomic E-state index is 0.645. The lowest BCUT2D eigenvalue weighted by Gasteiger charge is -2.09. The van der Waals surface area contributed by atoms with Gasteiger partial charge in [0.25, 0.3) is 0 Å². The first-order valence-corrected chi connectivity index (χ1v) is 6.25. The largest absolute Gasteiger partial charge is 0.380 e. The molecule has 0 saturated carbocycles. The van der Waals surface area contributed by atoms with Gasteiger partial charge in [0.15, 0.2) is 0 Å². The van der Waals surface area contributed by atoms with Crippen molar-refractivity contribution in [1.29, 1.82) is 0 Å². The fourth-order valence-corrected chi connectivity index (χ4v) is 1.94. The molecule has 0 fully saturated rings. The van der Waals surface area contributed by atoms with E-state index in [9.17, 15) is 0 Å². The minimum atomic E-state index is 0.645. The van der Waals surface area contributed by atoms with Gasteiger partial charge in [0.1, 0.15) is 0 Å². The molecule has 4 nitrogen and oxygen atoms in total. The van der Waals surface area contributed by atoms with Crippen molar-refractivity contribution in [3.05, 3.63) is 59.9 Å². The third-order valence-corrected chi connectivity index (χ3v) is 2.90. The fourth-order valence-electron chi connectivity index (χ4n) is 1.94. The predicted octanol–water partition coefficient (Wildman–Crippen LogP) is 2.42. The number of nitrogens with one attached hydrogen (secondary N) is 1. The Morgan fingerprint density at radius 3 is 2.79 bits per heavy atom. The normalized spacial score (nSPS) is 10.6. The zero-order valence-electron chi connectivity index (χ0n) is 11.2. The van der Waals surface area contributed by atoms with Crippen molar-refractivity contribution in [2.75, 3.05) is 7.11 Å². The van der Waals surface area contributed by atoms with Crippen LogP contribution >= 0.6 is 0 Å². The van der Waals surface area contributed by atoms with Gasteiger partial charge < -0.3 is 10.1 Å². The summed E-state index contributed by atoms with van der Waals surface area (Å²) in [6.45, 7) is 5.92. The van der Waals surface area contributed by atoms with Gasteiger partial charge in [0.2, 0.25) is 0 Å². The molecule has 0 aliphatic carbocycles. The fraction of sp³-hybridized carbons (Fsp3) is 0.267. The van der Waals surface area contributed by atoms with Gasteiger partial charge in [-0.1, -0.05) is 30.8 Å². The molecule has 1 heterocycles. The maximum Gasteiger partial charge on any atom is 0.0716 e. The van der Waals surface area contributed by atoms with Gasteiger partial charge in [0.05, 0.1) is 12.8 Å². The molecule has 1 aromatic heterocycles. The van der Waals surface area contributed by atoms with Crippen molar-refractivity contribution in [2.45, 2.75) is 19.7 Å². The first-order chi connectivity index (χ1) is 9.33. The van der Waals surface area contributed by atoms with Crippen molar-refractivity contribution in [3.8, 4) is 0 Å². The van der Waals surface area contributed by atoms with Crippen molar-refractivity contribution in [3.63, 3.8) is 0 Å². The van der Waals surface area contributed by atoms with Crippen LogP contribution in [0.25, 0.3) is 6.20 Å². The number of hydrogen-bond acceptors (Lipinski definition) is 3. The Hall–Kier alpha value is -1.91.